The smallest absolute Gasteiger partial charge is 0.277 e. The van der Waals surface area contributed by atoms with Gasteiger partial charge < -0.3 is 15.2 Å². The van der Waals surface area contributed by atoms with Gasteiger partial charge >= 0.3 is 0 Å². The first-order valence-electron chi connectivity index (χ1n) is 7.09. The summed E-state index contributed by atoms with van der Waals surface area (Å²) in [5, 5.41) is 13.2. The summed E-state index contributed by atoms with van der Waals surface area (Å²) in [7, 11) is 0. The standard InChI is InChI=1S/C16H22N2O3.ClH/c1-16(2,3)18-8-11(19)10-21-14-9-17-15(20)13-7-5-4-6-12(13)14;/h4-7,9,11,14,18-19H,8,10H2,1-3H3;1H. The van der Waals surface area contributed by atoms with E-state index in [1.807, 2.05) is 32.9 Å². The zero-order chi connectivity index (χ0) is 15.5. The number of hydrogen-bond acceptors (Lipinski definition) is 4. The predicted octanol–water partition coefficient (Wildman–Crippen LogP) is 2.14. The van der Waals surface area contributed by atoms with Crippen LogP contribution < -0.4 is 5.32 Å². The molecule has 5 nitrogen and oxygen atoms in total. The van der Waals surface area contributed by atoms with Gasteiger partial charge in [0, 0.05) is 23.9 Å². The second kappa shape index (κ2) is 7.83. The molecular weight excluding hydrogens is 304 g/mol. The van der Waals surface area contributed by atoms with E-state index in [9.17, 15) is 9.90 Å². The molecule has 2 unspecified atom stereocenters. The van der Waals surface area contributed by atoms with Gasteiger partial charge in [0.05, 0.1) is 12.7 Å². The van der Waals surface area contributed by atoms with Gasteiger partial charge in [0.1, 0.15) is 6.10 Å². The SMILES string of the molecule is CC(C)(C)NCC(O)COC1C=NC(=O)c2ccccc21.Cl. The van der Waals surface area contributed by atoms with E-state index >= 15 is 0 Å². The van der Waals surface area contributed by atoms with Crippen LogP contribution in [0.2, 0.25) is 0 Å². The lowest BCUT2D eigenvalue weighted by molar-refractivity contribution is 0.0153. The summed E-state index contributed by atoms with van der Waals surface area (Å²) in [4.78, 5) is 15.5. The molecule has 0 saturated heterocycles. The van der Waals surface area contributed by atoms with Crippen molar-refractivity contribution in [1.29, 1.82) is 0 Å². The van der Waals surface area contributed by atoms with Crippen LogP contribution in [0.5, 0.6) is 0 Å². The largest absolute Gasteiger partial charge is 0.389 e. The molecule has 2 N–H and O–H groups in total. The van der Waals surface area contributed by atoms with E-state index in [4.69, 9.17) is 4.74 Å². The second-order valence-electron chi connectivity index (χ2n) is 6.21. The van der Waals surface area contributed by atoms with Crippen LogP contribution in [0.1, 0.15) is 42.8 Å². The van der Waals surface area contributed by atoms with Gasteiger partial charge in [0.2, 0.25) is 0 Å². The Balaban J connectivity index is 0.00000242. The van der Waals surface area contributed by atoms with E-state index in [-0.39, 0.29) is 36.6 Å². The van der Waals surface area contributed by atoms with Crippen molar-refractivity contribution in [3.8, 4) is 0 Å². The third-order valence-corrected chi connectivity index (χ3v) is 3.16. The Kier molecular flexibility index (Phi) is 6.68. The second-order valence-corrected chi connectivity index (χ2v) is 6.21. The molecule has 0 radical (unpaired) electrons. The maximum Gasteiger partial charge on any atom is 0.277 e. The molecule has 2 rings (SSSR count). The number of aliphatic imine (C=N–C) groups is 1. The van der Waals surface area contributed by atoms with Crippen molar-refractivity contribution in [2.45, 2.75) is 38.5 Å². The average Bonchev–Trinajstić information content (AvgIpc) is 2.44. The van der Waals surface area contributed by atoms with E-state index < -0.39 is 6.10 Å². The van der Waals surface area contributed by atoms with Crippen LogP contribution >= 0.6 is 12.4 Å². The van der Waals surface area contributed by atoms with Crippen molar-refractivity contribution in [2.24, 2.45) is 4.99 Å². The monoisotopic (exact) mass is 326 g/mol. The highest BCUT2D eigenvalue weighted by Gasteiger charge is 2.23. The van der Waals surface area contributed by atoms with Crippen LogP contribution in [-0.4, -0.2) is 42.0 Å². The molecule has 0 spiro atoms. The lowest BCUT2D eigenvalue weighted by Crippen LogP contribution is -2.42. The Bertz CT molecular complexity index is 540. The van der Waals surface area contributed by atoms with Crippen molar-refractivity contribution in [2.75, 3.05) is 13.2 Å². The fourth-order valence-electron chi connectivity index (χ4n) is 2.06. The molecule has 22 heavy (non-hydrogen) atoms. The number of ether oxygens (including phenoxy) is 1. The Morgan fingerprint density at radius 1 is 1.36 bits per heavy atom. The summed E-state index contributed by atoms with van der Waals surface area (Å²) in [6.45, 7) is 6.75. The first-order valence-corrected chi connectivity index (χ1v) is 7.09. The van der Waals surface area contributed by atoms with Crippen molar-refractivity contribution >= 4 is 24.5 Å². The van der Waals surface area contributed by atoms with E-state index in [0.29, 0.717) is 12.1 Å². The molecule has 1 aromatic carbocycles. The quantitative estimate of drug-likeness (QED) is 0.869. The van der Waals surface area contributed by atoms with Gasteiger partial charge in [-0.2, -0.15) is 0 Å². The van der Waals surface area contributed by atoms with E-state index in [1.54, 1.807) is 12.1 Å². The van der Waals surface area contributed by atoms with Crippen LogP contribution in [0, 0.1) is 0 Å². The molecule has 0 aliphatic carbocycles. The Morgan fingerprint density at radius 3 is 2.73 bits per heavy atom. The number of halogens is 1. The lowest BCUT2D eigenvalue weighted by atomic mass is 10.00. The molecule has 0 aromatic heterocycles. The molecule has 0 saturated carbocycles. The third kappa shape index (κ3) is 5.18. The summed E-state index contributed by atoms with van der Waals surface area (Å²) < 4.78 is 5.69. The Morgan fingerprint density at radius 2 is 2.05 bits per heavy atom. The summed E-state index contributed by atoms with van der Waals surface area (Å²) in [5.41, 5.74) is 1.31. The maximum absolute atomic E-state index is 11.7. The molecule has 6 heteroatoms. The van der Waals surface area contributed by atoms with Gasteiger partial charge in [0.25, 0.3) is 5.91 Å². The van der Waals surface area contributed by atoms with Crippen LogP contribution in [0.3, 0.4) is 0 Å². The highest BCUT2D eigenvalue weighted by Crippen LogP contribution is 2.24. The Labute approximate surface area is 137 Å². The number of β-amino-alcohol motifs (C(OH)–C–C–N with tert-alkyl or cyclic N) is 1. The van der Waals surface area contributed by atoms with Crippen LogP contribution in [0.4, 0.5) is 0 Å². The minimum atomic E-state index is -0.609. The third-order valence-electron chi connectivity index (χ3n) is 3.16. The van der Waals surface area contributed by atoms with Gasteiger partial charge in [-0.25, -0.2) is 4.99 Å². The molecular formula is C16H23ClN2O3. The summed E-state index contributed by atoms with van der Waals surface area (Å²) in [6.07, 6.45) is 0.500. The van der Waals surface area contributed by atoms with Gasteiger partial charge in [-0.1, -0.05) is 18.2 Å². The maximum atomic E-state index is 11.7. The number of carbonyl (C=O) groups excluding carboxylic acids is 1. The van der Waals surface area contributed by atoms with Crippen LogP contribution in [0.25, 0.3) is 0 Å². The topological polar surface area (TPSA) is 70.9 Å². The van der Waals surface area contributed by atoms with Gasteiger partial charge in [0.15, 0.2) is 0 Å². The van der Waals surface area contributed by atoms with E-state index in [1.165, 1.54) is 6.21 Å². The molecule has 0 fully saturated rings. The number of rotatable bonds is 5. The zero-order valence-corrected chi connectivity index (χ0v) is 13.9. The highest BCUT2D eigenvalue weighted by atomic mass is 35.5. The highest BCUT2D eigenvalue weighted by molar-refractivity contribution is 6.04. The molecule has 1 aliphatic heterocycles. The lowest BCUT2D eigenvalue weighted by Gasteiger charge is -2.24. The molecule has 0 bridgehead atoms. The minimum absolute atomic E-state index is 0. The first-order chi connectivity index (χ1) is 9.87. The van der Waals surface area contributed by atoms with Crippen molar-refractivity contribution in [3.05, 3.63) is 35.4 Å². The fraction of sp³-hybridized carbons (Fsp3) is 0.500. The van der Waals surface area contributed by atoms with Gasteiger partial charge in [-0.3, -0.25) is 4.79 Å². The van der Waals surface area contributed by atoms with Crippen LogP contribution in [0.15, 0.2) is 29.3 Å². The van der Waals surface area contributed by atoms with Gasteiger partial charge in [-0.05, 0) is 32.4 Å². The van der Waals surface area contributed by atoms with Crippen molar-refractivity contribution in [1.82, 2.24) is 5.32 Å². The molecule has 1 amide bonds. The molecule has 1 aromatic rings. The van der Waals surface area contributed by atoms with E-state index in [2.05, 4.69) is 10.3 Å². The molecule has 1 heterocycles. The number of benzene rings is 1. The number of amides is 1. The number of aliphatic hydroxyl groups is 1. The number of carbonyl (C=O) groups is 1. The zero-order valence-electron chi connectivity index (χ0n) is 13.1. The predicted molar refractivity (Wildman–Crippen MR) is 89.0 cm³/mol. The van der Waals surface area contributed by atoms with E-state index in [0.717, 1.165) is 5.56 Å². The fourth-order valence-corrected chi connectivity index (χ4v) is 2.06. The molecule has 122 valence electrons. The average molecular weight is 327 g/mol. The number of hydrogen-bond donors (Lipinski definition) is 2. The van der Waals surface area contributed by atoms with Crippen molar-refractivity contribution in [3.63, 3.8) is 0 Å². The first kappa shape index (κ1) is 18.8. The van der Waals surface area contributed by atoms with Crippen LogP contribution in [-0.2, 0) is 4.74 Å². The summed E-state index contributed by atoms with van der Waals surface area (Å²) in [5.74, 6) is -0.250. The summed E-state index contributed by atoms with van der Waals surface area (Å²) in [6, 6.07) is 7.25. The minimum Gasteiger partial charge on any atom is -0.389 e. The van der Waals surface area contributed by atoms with Gasteiger partial charge in [-0.15, -0.1) is 12.4 Å². The number of nitrogens with zero attached hydrogens (tertiary/aromatic N) is 1. The summed E-state index contributed by atoms with van der Waals surface area (Å²) >= 11 is 0. The van der Waals surface area contributed by atoms with Crippen molar-refractivity contribution < 1.29 is 14.6 Å². The number of fused-ring (bicyclic) bond motifs is 1. The number of aliphatic hydroxyl groups excluding tert-OH is 1. The Hall–Kier alpha value is -1.27. The molecule has 1 aliphatic rings. The molecule has 2 atom stereocenters. The normalized spacial score (nSPS) is 18.5. The number of nitrogens with one attached hydrogen (secondary N) is 1.